The second kappa shape index (κ2) is 5.53. The molecule has 1 aromatic carbocycles. The summed E-state index contributed by atoms with van der Waals surface area (Å²) in [6.45, 7) is 2.11. The van der Waals surface area contributed by atoms with Gasteiger partial charge in [-0.3, -0.25) is 14.9 Å². The Morgan fingerprint density at radius 2 is 2.23 bits per heavy atom. The van der Waals surface area contributed by atoms with Crippen LogP contribution in [0.1, 0.15) is 10.7 Å². The van der Waals surface area contributed by atoms with Gasteiger partial charge in [-0.2, -0.15) is 9.61 Å². The van der Waals surface area contributed by atoms with Crippen molar-refractivity contribution in [3.8, 4) is 0 Å². The SMILES string of the molecule is Cc1cc(=O)n2nc(CNc3cccc([N+](=O)[O-])c3)sc2n1. The summed E-state index contributed by atoms with van der Waals surface area (Å²) >= 11 is 1.30. The molecule has 3 aromatic rings. The standard InChI is InChI=1S/C13H11N5O3S/c1-8-5-12(19)17-13(15-8)22-11(16-17)7-14-9-3-2-4-10(6-9)18(20)21/h2-6,14H,7H2,1H3. The molecule has 0 bridgehead atoms. The molecule has 0 atom stereocenters. The van der Waals surface area contributed by atoms with E-state index < -0.39 is 4.92 Å². The third kappa shape index (κ3) is 2.79. The predicted molar refractivity (Wildman–Crippen MR) is 82.3 cm³/mol. The van der Waals surface area contributed by atoms with E-state index in [1.807, 2.05) is 0 Å². The zero-order valence-corrected chi connectivity index (χ0v) is 12.3. The maximum atomic E-state index is 11.8. The minimum atomic E-state index is -0.449. The molecule has 0 aliphatic rings. The van der Waals surface area contributed by atoms with Gasteiger partial charge in [0.25, 0.3) is 11.2 Å². The van der Waals surface area contributed by atoms with Crippen LogP contribution in [0.4, 0.5) is 11.4 Å². The zero-order valence-electron chi connectivity index (χ0n) is 11.5. The lowest BCUT2D eigenvalue weighted by atomic mass is 10.3. The Balaban J connectivity index is 1.82. The molecule has 2 heterocycles. The predicted octanol–water partition coefficient (Wildman–Crippen LogP) is 1.98. The summed E-state index contributed by atoms with van der Waals surface area (Å²) in [5.41, 5.74) is 1.06. The Morgan fingerprint density at radius 1 is 1.41 bits per heavy atom. The molecule has 0 saturated heterocycles. The van der Waals surface area contributed by atoms with Crippen LogP contribution >= 0.6 is 11.3 Å². The van der Waals surface area contributed by atoms with Gasteiger partial charge in [0.15, 0.2) is 0 Å². The van der Waals surface area contributed by atoms with Gasteiger partial charge in [-0.25, -0.2) is 4.98 Å². The number of nitrogens with one attached hydrogen (secondary N) is 1. The molecule has 8 nitrogen and oxygen atoms in total. The van der Waals surface area contributed by atoms with E-state index in [1.54, 1.807) is 19.1 Å². The summed E-state index contributed by atoms with van der Waals surface area (Å²) in [5.74, 6) is 0. The molecule has 0 amide bonds. The van der Waals surface area contributed by atoms with Gasteiger partial charge in [-0.15, -0.1) is 0 Å². The van der Waals surface area contributed by atoms with Gasteiger partial charge in [0.05, 0.1) is 11.5 Å². The average molecular weight is 317 g/mol. The smallest absolute Gasteiger partial charge is 0.275 e. The highest BCUT2D eigenvalue weighted by Gasteiger charge is 2.09. The van der Waals surface area contributed by atoms with Gasteiger partial charge < -0.3 is 5.32 Å². The van der Waals surface area contributed by atoms with Gasteiger partial charge in [-0.1, -0.05) is 17.4 Å². The van der Waals surface area contributed by atoms with Crippen molar-refractivity contribution in [1.82, 2.24) is 14.6 Å². The van der Waals surface area contributed by atoms with Gasteiger partial charge in [0, 0.05) is 29.6 Å². The van der Waals surface area contributed by atoms with Crippen LogP contribution in [0.25, 0.3) is 4.96 Å². The maximum Gasteiger partial charge on any atom is 0.275 e. The number of aryl methyl sites for hydroxylation is 1. The van der Waals surface area contributed by atoms with Crippen molar-refractivity contribution in [2.45, 2.75) is 13.5 Å². The van der Waals surface area contributed by atoms with Crippen LogP contribution in [0.3, 0.4) is 0 Å². The van der Waals surface area contributed by atoms with Crippen LogP contribution in [-0.4, -0.2) is 19.5 Å². The lowest BCUT2D eigenvalue weighted by Gasteiger charge is -2.02. The molecule has 112 valence electrons. The molecular formula is C13H11N5O3S. The molecule has 0 spiro atoms. The minimum absolute atomic E-state index is 0.0165. The molecule has 0 radical (unpaired) electrons. The first-order valence-corrected chi connectivity index (χ1v) is 7.19. The second-order valence-electron chi connectivity index (χ2n) is 4.59. The monoisotopic (exact) mass is 317 g/mol. The number of fused-ring (bicyclic) bond motifs is 1. The Kier molecular flexibility index (Phi) is 3.55. The topological polar surface area (TPSA) is 102 Å². The Labute approximate surface area is 128 Å². The maximum absolute atomic E-state index is 11.8. The molecule has 3 rings (SSSR count). The Hall–Kier alpha value is -2.81. The third-order valence-corrected chi connectivity index (χ3v) is 3.82. The molecule has 2 aromatic heterocycles. The van der Waals surface area contributed by atoms with Crippen molar-refractivity contribution in [3.63, 3.8) is 0 Å². The van der Waals surface area contributed by atoms with Gasteiger partial charge in [-0.05, 0) is 13.0 Å². The van der Waals surface area contributed by atoms with Crippen LogP contribution < -0.4 is 10.9 Å². The van der Waals surface area contributed by atoms with Crippen LogP contribution in [0.15, 0.2) is 35.1 Å². The zero-order chi connectivity index (χ0) is 15.7. The molecule has 9 heteroatoms. The van der Waals surface area contributed by atoms with E-state index in [-0.39, 0.29) is 11.2 Å². The van der Waals surface area contributed by atoms with E-state index in [2.05, 4.69) is 15.4 Å². The van der Waals surface area contributed by atoms with E-state index in [0.29, 0.717) is 27.9 Å². The number of nitro benzene ring substituents is 1. The van der Waals surface area contributed by atoms with Crippen LogP contribution in [0.5, 0.6) is 0 Å². The lowest BCUT2D eigenvalue weighted by molar-refractivity contribution is -0.384. The fraction of sp³-hybridized carbons (Fsp3) is 0.154. The van der Waals surface area contributed by atoms with Crippen molar-refractivity contribution in [1.29, 1.82) is 0 Å². The van der Waals surface area contributed by atoms with Crippen molar-refractivity contribution in [3.05, 3.63) is 61.5 Å². The van der Waals surface area contributed by atoms with Crippen molar-refractivity contribution < 1.29 is 4.92 Å². The summed E-state index contributed by atoms with van der Waals surface area (Å²) in [6, 6.07) is 7.63. The normalized spacial score (nSPS) is 10.8. The number of nitrogens with zero attached hydrogens (tertiary/aromatic N) is 4. The first-order valence-electron chi connectivity index (χ1n) is 6.37. The van der Waals surface area contributed by atoms with E-state index in [0.717, 1.165) is 0 Å². The fourth-order valence-corrected chi connectivity index (χ4v) is 2.82. The molecule has 22 heavy (non-hydrogen) atoms. The first-order chi connectivity index (χ1) is 10.5. The molecule has 1 N–H and O–H groups in total. The minimum Gasteiger partial charge on any atom is -0.378 e. The number of rotatable bonds is 4. The van der Waals surface area contributed by atoms with Crippen LogP contribution in [0.2, 0.25) is 0 Å². The summed E-state index contributed by atoms with van der Waals surface area (Å²) in [4.78, 5) is 26.8. The highest BCUT2D eigenvalue weighted by Crippen LogP contribution is 2.19. The molecule has 0 saturated carbocycles. The summed E-state index contributed by atoms with van der Waals surface area (Å²) in [6.07, 6.45) is 0. The third-order valence-electron chi connectivity index (χ3n) is 2.92. The highest BCUT2D eigenvalue weighted by molar-refractivity contribution is 7.16. The molecular weight excluding hydrogens is 306 g/mol. The first kappa shape index (κ1) is 14.1. The van der Waals surface area contributed by atoms with Crippen molar-refractivity contribution >= 4 is 27.7 Å². The number of hydrogen-bond acceptors (Lipinski definition) is 7. The highest BCUT2D eigenvalue weighted by atomic mass is 32.1. The quantitative estimate of drug-likeness (QED) is 0.583. The van der Waals surface area contributed by atoms with Crippen LogP contribution in [0, 0.1) is 17.0 Å². The average Bonchev–Trinajstić information content (AvgIpc) is 2.88. The number of hydrogen-bond donors (Lipinski definition) is 1. The largest absolute Gasteiger partial charge is 0.378 e. The second-order valence-corrected chi connectivity index (χ2v) is 5.63. The summed E-state index contributed by atoms with van der Waals surface area (Å²) in [5, 5.41) is 18.6. The summed E-state index contributed by atoms with van der Waals surface area (Å²) < 4.78 is 1.25. The van der Waals surface area contributed by atoms with Crippen molar-refractivity contribution in [2.24, 2.45) is 0 Å². The van der Waals surface area contributed by atoms with Gasteiger partial charge in [0.2, 0.25) is 4.96 Å². The lowest BCUT2D eigenvalue weighted by Crippen LogP contribution is -2.14. The Bertz CT molecular complexity index is 917. The number of benzene rings is 1. The number of anilines is 1. The molecule has 0 fully saturated rings. The molecule has 0 aliphatic carbocycles. The van der Waals surface area contributed by atoms with Crippen LogP contribution in [-0.2, 0) is 6.54 Å². The van der Waals surface area contributed by atoms with Gasteiger partial charge in [0.1, 0.15) is 5.01 Å². The van der Waals surface area contributed by atoms with E-state index >= 15 is 0 Å². The summed E-state index contributed by atoms with van der Waals surface area (Å²) in [7, 11) is 0. The molecule has 0 aliphatic heterocycles. The number of aromatic nitrogens is 3. The number of nitro groups is 1. The fourth-order valence-electron chi connectivity index (χ4n) is 1.94. The molecule has 0 unspecified atom stereocenters. The number of non-ortho nitro benzene ring substituents is 1. The van der Waals surface area contributed by atoms with Crippen molar-refractivity contribution in [2.75, 3.05) is 5.32 Å². The van der Waals surface area contributed by atoms with E-state index in [1.165, 1.54) is 34.1 Å². The Morgan fingerprint density at radius 3 is 3.00 bits per heavy atom. The van der Waals surface area contributed by atoms with Gasteiger partial charge >= 0.3 is 0 Å². The van der Waals surface area contributed by atoms with E-state index in [4.69, 9.17) is 0 Å². The van der Waals surface area contributed by atoms with E-state index in [9.17, 15) is 14.9 Å².